The second kappa shape index (κ2) is 8.54. The topological polar surface area (TPSA) is 35.5 Å². The van der Waals surface area contributed by atoms with Crippen LogP contribution in [0.2, 0.25) is 5.02 Å². The van der Waals surface area contributed by atoms with E-state index in [1.807, 2.05) is 24.3 Å². The summed E-state index contributed by atoms with van der Waals surface area (Å²) in [5.74, 6) is 0. The van der Waals surface area contributed by atoms with Gasteiger partial charge in [-0.05, 0) is 31.6 Å². The highest BCUT2D eigenvalue weighted by Gasteiger charge is 2.12. The summed E-state index contributed by atoms with van der Waals surface area (Å²) in [7, 11) is 0. The number of rotatable bonds is 8. The molecule has 1 rings (SSSR count). The maximum absolute atomic E-state index is 10.0. The van der Waals surface area contributed by atoms with Crippen molar-refractivity contribution in [2.24, 2.45) is 0 Å². The first-order valence-electron chi connectivity index (χ1n) is 6.96. The Morgan fingerprint density at radius 1 is 1.26 bits per heavy atom. The van der Waals surface area contributed by atoms with Crippen molar-refractivity contribution >= 4 is 11.6 Å². The number of aliphatic hydroxyl groups is 1. The van der Waals surface area contributed by atoms with E-state index in [0.29, 0.717) is 13.1 Å². The molecule has 1 aromatic carbocycles. The Kier molecular flexibility index (Phi) is 7.39. The fraction of sp³-hybridized carbons (Fsp3) is 0.600. The van der Waals surface area contributed by atoms with E-state index in [1.54, 1.807) is 0 Å². The van der Waals surface area contributed by atoms with Gasteiger partial charge < -0.3 is 15.3 Å². The molecule has 2 N–H and O–H groups in total. The summed E-state index contributed by atoms with van der Waals surface area (Å²) in [6, 6.07) is 7.94. The van der Waals surface area contributed by atoms with Crippen molar-refractivity contribution < 1.29 is 5.11 Å². The van der Waals surface area contributed by atoms with Crippen molar-refractivity contribution in [2.45, 2.75) is 32.9 Å². The summed E-state index contributed by atoms with van der Waals surface area (Å²) in [5, 5.41) is 14.1. The minimum Gasteiger partial charge on any atom is -0.390 e. The number of nitrogens with zero attached hydrogens (tertiary/aromatic N) is 1. The van der Waals surface area contributed by atoms with Gasteiger partial charge in [0.25, 0.3) is 0 Å². The summed E-state index contributed by atoms with van der Waals surface area (Å²) in [5.41, 5.74) is 1.07. The number of halogens is 1. The fourth-order valence-electron chi connectivity index (χ4n) is 2.09. The summed E-state index contributed by atoms with van der Waals surface area (Å²) in [6.07, 6.45) is -0.357. The molecular formula is C15H25ClN2O. The highest BCUT2D eigenvalue weighted by Crippen LogP contribution is 2.21. The first-order valence-corrected chi connectivity index (χ1v) is 7.34. The van der Waals surface area contributed by atoms with Crippen LogP contribution in [0, 0.1) is 0 Å². The third-order valence-corrected chi connectivity index (χ3v) is 3.74. The van der Waals surface area contributed by atoms with Crippen molar-refractivity contribution in [3.63, 3.8) is 0 Å². The molecule has 0 saturated heterocycles. The van der Waals surface area contributed by atoms with E-state index >= 15 is 0 Å². The number of likely N-dealkylation sites (N-methyl/N-ethyl adjacent to an activating group) is 1. The molecule has 4 heteroatoms. The molecule has 0 aromatic heterocycles. The monoisotopic (exact) mass is 284 g/mol. The van der Waals surface area contributed by atoms with E-state index < -0.39 is 0 Å². The smallest absolute Gasteiger partial charge is 0.0791 e. The molecule has 0 radical (unpaired) electrons. The molecule has 2 unspecified atom stereocenters. The van der Waals surface area contributed by atoms with Crippen LogP contribution in [-0.4, -0.2) is 42.3 Å². The number of benzene rings is 1. The molecule has 0 amide bonds. The predicted octanol–water partition coefficient (Wildman–Crippen LogP) is 2.69. The van der Waals surface area contributed by atoms with Crippen LogP contribution in [0.1, 0.15) is 32.4 Å². The fourth-order valence-corrected chi connectivity index (χ4v) is 2.39. The van der Waals surface area contributed by atoms with Crippen LogP contribution < -0.4 is 5.32 Å². The number of aliphatic hydroxyl groups excluding tert-OH is 1. The molecule has 0 spiro atoms. The SMILES string of the molecule is CCN(CC)CC(O)CNC(C)c1ccccc1Cl. The molecule has 19 heavy (non-hydrogen) atoms. The van der Waals surface area contributed by atoms with E-state index in [-0.39, 0.29) is 12.1 Å². The Morgan fingerprint density at radius 2 is 1.89 bits per heavy atom. The van der Waals surface area contributed by atoms with Crippen LogP contribution in [-0.2, 0) is 0 Å². The van der Waals surface area contributed by atoms with E-state index in [9.17, 15) is 5.11 Å². The second-order valence-electron chi connectivity index (χ2n) is 4.79. The van der Waals surface area contributed by atoms with Crippen LogP contribution in [0.15, 0.2) is 24.3 Å². The maximum atomic E-state index is 10.0. The molecule has 108 valence electrons. The molecule has 0 fully saturated rings. The van der Waals surface area contributed by atoms with Crippen molar-refractivity contribution in [1.82, 2.24) is 10.2 Å². The van der Waals surface area contributed by atoms with Gasteiger partial charge in [0, 0.05) is 24.2 Å². The van der Waals surface area contributed by atoms with Gasteiger partial charge in [0.05, 0.1) is 6.10 Å². The Hall–Kier alpha value is -0.610. The number of hydrogen-bond donors (Lipinski definition) is 2. The molecule has 0 aliphatic heterocycles. The highest BCUT2D eigenvalue weighted by atomic mass is 35.5. The van der Waals surface area contributed by atoms with Crippen LogP contribution >= 0.6 is 11.6 Å². The average Bonchev–Trinajstić information content (AvgIpc) is 2.42. The Labute approximate surface area is 121 Å². The van der Waals surface area contributed by atoms with Gasteiger partial charge in [-0.2, -0.15) is 0 Å². The zero-order chi connectivity index (χ0) is 14.3. The average molecular weight is 285 g/mol. The molecule has 0 aliphatic carbocycles. The summed E-state index contributed by atoms with van der Waals surface area (Å²) in [4.78, 5) is 2.21. The third kappa shape index (κ3) is 5.49. The van der Waals surface area contributed by atoms with Gasteiger partial charge in [-0.15, -0.1) is 0 Å². The third-order valence-electron chi connectivity index (χ3n) is 3.39. The van der Waals surface area contributed by atoms with Crippen molar-refractivity contribution in [3.05, 3.63) is 34.9 Å². The van der Waals surface area contributed by atoms with Gasteiger partial charge in [-0.1, -0.05) is 43.6 Å². The Bertz CT molecular complexity index is 369. The molecule has 2 atom stereocenters. The van der Waals surface area contributed by atoms with Crippen molar-refractivity contribution in [2.75, 3.05) is 26.2 Å². The Morgan fingerprint density at radius 3 is 2.47 bits per heavy atom. The van der Waals surface area contributed by atoms with Crippen LogP contribution in [0.3, 0.4) is 0 Å². The molecule has 3 nitrogen and oxygen atoms in total. The lowest BCUT2D eigenvalue weighted by atomic mass is 10.1. The molecule has 0 heterocycles. The second-order valence-corrected chi connectivity index (χ2v) is 5.20. The zero-order valence-electron chi connectivity index (χ0n) is 12.1. The number of hydrogen-bond acceptors (Lipinski definition) is 3. The first kappa shape index (κ1) is 16.4. The quantitative estimate of drug-likeness (QED) is 0.770. The first-order chi connectivity index (χ1) is 9.08. The standard InChI is InChI=1S/C15H25ClN2O/c1-4-18(5-2)11-13(19)10-17-12(3)14-8-6-7-9-15(14)16/h6-9,12-13,17,19H,4-5,10-11H2,1-3H3. The van der Waals surface area contributed by atoms with Crippen molar-refractivity contribution in [1.29, 1.82) is 0 Å². The lowest BCUT2D eigenvalue weighted by Crippen LogP contribution is -2.38. The van der Waals surface area contributed by atoms with Crippen LogP contribution in [0.5, 0.6) is 0 Å². The van der Waals surface area contributed by atoms with Crippen LogP contribution in [0.25, 0.3) is 0 Å². The van der Waals surface area contributed by atoms with E-state index in [4.69, 9.17) is 11.6 Å². The zero-order valence-corrected chi connectivity index (χ0v) is 12.8. The minimum absolute atomic E-state index is 0.139. The van der Waals surface area contributed by atoms with Gasteiger partial charge in [-0.25, -0.2) is 0 Å². The van der Waals surface area contributed by atoms with E-state index in [1.165, 1.54) is 0 Å². The van der Waals surface area contributed by atoms with Gasteiger partial charge >= 0.3 is 0 Å². The number of nitrogens with one attached hydrogen (secondary N) is 1. The largest absolute Gasteiger partial charge is 0.390 e. The minimum atomic E-state index is -0.357. The molecule has 0 aliphatic rings. The van der Waals surface area contributed by atoms with Gasteiger partial charge in [0.15, 0.2) is 0 Å². The molecular weight excluding hydrogens is 260 g/mol. The molecule has 1 aromatic rings. The normalized spacial score (nSPS) is 14.6. The maximum Gasteiger partial charge on any atom is 0.0791 e. The predicted molar refractivity (Wildman–Crippen MR) is 81.7 cm³/mol. The molecule has 0 saturated carbocycles. The van der Waals surface area contributed by atoms with E-state index in [2.05, 4.69) is 31.0 Å². The van der Waals surface area contributed by atoms with Gasteiger partial charge in [0.1, 0.15) is 0 Å². The lowest BCUT2D eigenvalue weighted by molar-refractivity contribution is 0.114. The summed E-state index contributed by atoms with van der Waals surface area (Å²) >= 11 is 6.15. The summed E-state index contributed by atoms with van der Waals surface area (Å²) in [6.45, 7) is 9.48. The van der Waals surface area contributed by atoms with Crippen LogP contribution in [0.4, 0.5) is 0 Å². The van der Waals surface area contributed by atoms with Crippen molar-refractivity contribution in [3.8, 4) is 0 Å². The van der Waals surface area contributed by atoms with E-state index in [0.717, 1.165) is 23.7 Å². The van der Waals surface area contributed by atoms with Gasteiger partial charge in [-0.3, -0.25) is 0 Å². The lowest BCUT2D eigenvalue weighted by Gasteiger charge is -2.23. The molecule has 0 bridgehead atoms. The highest BCUT2D eigenvalue weighted by molar-refractivity contribution is 6.31. The van der Waals surface area contributed by atoms with Gasteiger partial charge in [0.2, 0.25) is 0 Å². The summed E-state index contributed by atoms with van der Waals surface area (Å²) < 4.78 is 0. The Balaban J connectivity index is 2.42.